The number of ether oxygens (including phenoxy) is 3. The van der Waals surface area contributed by atoms with Gasteiger partial charge in [0.15, 0.2) is 26.5 Å². The molecule has 2 aliphatic rings. The van der Waals surface area contributed by atoms with Crippen molar-refractivity contribution in [3.63, 3.8) is 0 Å². The van der Waals surface area contributed by atoms with Crippen molar-refractivity contribution in [2.45, 2.75) is 96.6 Å². The molecule has 0 amide bonds. The van der Waals surface area contributed by atoms with E-state index in [1.54, 1.807) is 7.11 Å². The maximum Gasteiger partial charge on any atom is 0.335 e. The van der Waals surface area contributed by atoms with Crippen LogP contribution in [0.2, 0.25) is 29.2 Å². The van der Waals surface area contributed by atoms with Gasteiger partial charge < -0.3 is 18.6 Å². The highest BCUT2D eigenvalue weighted by atomic mass is 28.4. The molecule has 0 bridgehead atoms. The highest BCUT2D eigenvalue weighted by Gasteiger charge is 2.60. The predicted molar refractivity (Wildman–Crippen MR) is 195 cm³/mol. The van der Waals surface area contributed by atoms with Gasteiger partial charge in [0, 0.05) is 13.5 Å². The molecule has 2 aromatic carbocycles. The van der Waals surface area contributed by atoms with Crippen molar-refractivity contribution < 1.29 is 23.4 Å². The Morgan fingerprint density at radius 1 is 0.935 bits per heavy atom. The van der Waals surface area contributed by atoms with Crippen LogP contribution < -0.4 is 10.4 Å². The lowest BCUT2D eigenvalue weighted by Crippen LogP contribution is -2.64. The molecule has 5 nitrogen and oxygen atoms in total. The summed E-state index contributed by atoms with van der Waals surface area (Å²) in [5, 5.41) is 2.98. The number of methoxy groups -OCH3 is 1. The minimum Gasteiger partial charge on any atom is -0.467 e. The summed E-state index contributed by atoms with van der Waals surface area (Å²) in [5.74, 6) is 0.302. The number of esters is 1. The Balaban J connectivity index is 1.88. The molecule has 1 aliphatic heterocycles. The number of rotatable bonds is 11. The Labute approximate surface area is 280 Å². The zero-order valence-electron chi connectivity index (χ0n) is 30.0. The monoisotopic (exact) mass is 660 g/mol. The van der Waals surface area contributed by atoms with Crippen LogP contribution in [-0.4, -0.2) is 48.5 Å². The topological polar surface area (TPSA) is 54.0 Å². The molecule has 0 N–H and O–H groups in total. The predicted octanol–water partition coefficient (Wildman–Crippen LogP) is 8.40. The zero-order chi connectivity index (χ0) is 34.0. The van der Waals surface area contributed by atoms with Crippen LogP contribution in [-0.2, 0) is 23.4 Å². The van der Waals surface area contributed by atoms with Crippen LogP contribution in [0, 0.1) is 11.3 Å². The smallest absolute Gasteiger partial charge is 0.335 e. The highest BCUT2D eigenvalue weighted by Crippen LogP contribution is 2.56. The van der Waals surface area contributed by atoms with Gasteiger partial charge in [0.05, 0.1) is 18.1 Å². The van der Waals surface area contributed by atoms with Crippen LogP contribution in [0.3, 0.4) is 0 Å². The first-order valence-corrected chi connectivity index (χ1v) is 21.8. The molecule has 4 rings (SSSR count). The van der Waals surface area contributed by atoms with Crippen LogP contribution in [0.4, 0.5) is 0 Å². The van der Waals surface area contributed by atoms with E-state index in [0.717, 1.165) is 6.04 Å². The Hall–Kier alpha value is -2.72. The normalized spacial score (nSPS) is 24.2. The molecule has 7 heteroatoms. The number of hydrogen-bond donors (Lipinski definition) is 0. The van der Waals surface area contributed by atoms with Crippen LogP contribution in [0.15, 0.2) is 96.3 Å². The Morgan fingerprint density at radius 3 is 2.00 bits per heavy atom. The standard InChI is InChI=1S/C39H56O5Si2/c1-30-26-39(34(42-29-41-9)25-35(40)44-39)38(8,23-18-24-43-45(10,11)36(2,3)4)27-31(30)28-46(37(5,6)7,32-19-14-12-15-20-32)33-21-16-13-17-22-33/h12-23,25,27,30H,24,26,28-29H2,1-11H3/b23-18+/t30-,38-,39-/m0/s1. The summed E-state index contributed by atoms with van der Waals surface area (Å²) in [4.78, 5) is 13.0. The molecular weight excluding hydrogens is 605 g/mol. The zero-order valence-corrected chi connectivity index (χ0v) is 32.0. The van der Waals surface area contributed by atoms with Crippen molar-refractivity contribution >= 4 is 32.7 Å². The lowest BCUT2D eigenvalue weighted by molar-refractivity contribution is -0.160. The van der Waals surface area contributed by atoms with Gasteiger partial charge in [-0.05, 0) is 42.1 Å². The van der Waals surface area contributed by atoms with E-state index in [-0.39, 0.29) is 28.8 Å². The summed E-state index contributed by atoms with van der Waals surface area (Å²) < 4.78 is 24.3. The molecule has 46 heavy (non-hydrogen) atoms. The Kier molecular flexibility index (Phi) is 10.5. The SMILES string of the molecule is COCOC1=CC(=O)O[C@@]12C[C@H](C)C(C[Si](c1ccccc1)(c1ccccc1)C(C)(C)C)=C[C@]2(C)/C=C/CO[Si](C)(C)C(C)(C)C. The second kappa shape index (κ2) is 13.4. The fourth-order valence-corrected chi connectivity index (χ4v) is 13.7. The summed E-state index contributed by atoms with van der Waals surface area (Å²) in [6.07, 6.45) is 8.83. The van der Waals surface area contributed by atoms with Crippen molar-refractivity contribution in [2.75, 3.05) is 20.5 Å². The summed E-state index contributed by atoms with van der Waals surface area (Å²) in [5.41, 5.74) is -0.265. The number of benzene rings is 2. The fourth-order valence-electron chi connectivity index (χ4n) is 7.13. The van der Waals surface area contributed by atoms with Crippen molar-refractivity contribution in [1.82, 2.24) is 0 Å². The van der Waals surface area contributed by atoms with Crippen molar-refractivity contribution in [3.8, 4) is 0 Å². The molecule has 0 fully saturated rings. The summed E-state index contributed by atoms with van der Waals surface area (Å²) in [6.45, 7) is 23.5. The summed E-state index contributed by atoms with van der Waals surface area (Å²) in [6, 6.07) is 23.2. The highest BCUT2D eigenvalue weighted by molar-refractivity contribution is 7.04. The lowest BCUT2D eigenvalue weighted by atomic mass is 9.62. The van der Waals surface area contributed by atoms with E-state index < -0.39 is 27.4 Å². The van der Waals surface area contributed by atoms with Gasteiger partial charge in [-0.15, -0.1) is 0 Å². The van der Waals surface area contributed by atoms with Gasteiger partial charge in [-0.3, -0.25) is 0 Å². The quantitative estimate of drug-likeness (QED) is 0.105. The average molecular weight is 661 g/mol. The molecule has 1 spiro atoms. The van der Waals surface area contributed by atoms with E-state index in [4.69, 9.17) is 18.6 Å². The van der Waals surface area contributed by atoms with Crippen LogP contribution in [0.25, 0.3) is 0 Å². The lowest BCUT2D eigenvalue weighted by Gasteiger charge is -2.51. The molecule has 0 radical (unpaired) electrons. The molecule has 0 aromatic heterocycles. The largest absolute Gasteiger partial charge is 0.467 e. The molecule has 1 aliphatic carbocycles. The van der Waals surface area contributed by atoms with Crippen LogP contribution in [0.5, 0.6) is 0 Å². The van der Waals surface area contributed by atoms with Gasteiger partial charge in [-0.25, -0.2) is 4.79 Å². The average Bonchev–Trinajstić information content (AvgIpc) is 3.30. The molecule has 1 heterocycles. The van der Waals surface area contributed by atoms with Gasteiger partial charge in [0.2, 0.25) is 0 Å². The van der Waals surface area contributed by atoms with E-state index in [0.29, 0.717) is 18.8 Å². The number of carbonyl (C=O) groups excluding carboxylic acids is 1. The number of hydrogen-bond acceptors (Lipinski definition) is 5. The van der Waals surface area contributed by atoms with Crippen LogP contribution >= 0.6 is 0 Å². The maximum atomic E-state index is 13.0. The second-order valence-electron chi connectivity index (χ2n) is 16.0. The van der Waals surface area contributed by atoms with Gasteiger partial charge in [-0.1, -0.05) is 143 Å². The number of allylic oxidation sites excluding steroid dienone is 1. The van der Waals surface area contributed by atoms with Gasteiger partial charge in [0.1, 0.15) is 8.07 Å². The molecule has 250 valence electrons. The minimum absolute atomic E-state index is 0.0150. The van der Waals surface area contributed by atoms with E-state index in [1.807, 2.05) is 0 Å². The molecule has 3 atom stereocenters. The van der Waals surface area contributed by atoms with E-state index in [9.17, 15) is 4.79 Å². The third-order valence-corrected chi connectivity index (χ3v) is 21.6. The molecule has 0 saturated heterocycles. The van der Waals surface area contributed by atoms with Gasteiger partial charge in [-0.2, -0.15) is 0 Å². The van der Waals surface area contributed by atoms with Gasteiger partial charge >= 0.3 is 5.97 Å². The van der Waals surface area contributed by atoms with Crippen LogP contribution in [0.1, 0.15) is 61.8 Å². The molecular formula is C39H56O5Si2. The minimum atomic E-state index is -2.41. The summed E-state index contributed by atoms with van der Waals surface area (Å²) in [7, 11) is -2.77. The Bertz CT molecular complexity index is 1410. The second-order valence-corrected chi connectivity index (χ2v) is 25.6. The molecule has 0 unspecified atom stereocenters. The van der Waals surface area contributed by atoms with Crippen molar-refractivity contribution in [3.05, 3.63) is 96.3 Å². The molecule has 2 aromatic rings. The number of carbonyl (C=O) groups is 1. The third kappa shape index (κ3) is 6.80. The van der Waals surface area contributed by atoms with E-state index in [1.165, 1.54) is 22.0 Å². The fraction of sp³-hybridized carbons (Fsp3) is 0.513. The maximum absolute atomic E-state index is 13.0. The summed E-state index contributed by atoms with van der Waals surface area (Å²) >= 11 is 0. The third-order valence-electron chi connectivity index (χ3n) is 10.9. The van der Waals surface area contributed by atoms with E-state index >= 15 is 0 Å². The first-order chi connectivity index (χ1) is 21.4. The van der Waals surface area contributed by atoms with Crippen molar-refractivity contribution in [2.24, 2.45) is 11.3 Å². The first-order valence-electron chi connectivity index (χ1n) is 16.6. The Morgan fingerprint density at radius 2 is 1.50 bits per heavy atom. The molecule has 0 saturated carbocycles. The van der Waals surface area contributed by atoms with Crippen molar-refractivity contribution in [1.29, 1.82) is 0 Å². The first kappa shape index (κ1) is 36.1. The van der Waals surface area contributed by atoms with E-state index in [2.05, 4.69) is 147 Å². The van der Waals surface area contributed by atoms with Gasteiger partial charge in [0.25, 0.3) is 0 Å².